The number of halogens is 1. The van der Waals surface area contributed by atoms with Crippen molar-refractivity contribution in [1.29, 1.82) is 0 Å². The van der Waals surface area contributed by atoms with Crippen LogP contribution in [0.2, 0.25) is 0 Å². The molecular formula is C21H24ClN3S. The van der Waals surface area contributed by atoms with Crippen molar-refractivity contribution in [2.75, 3.05) is 5.32 Å². The molecule has 5 heteroatoms. The van der Waals surface area contributed by atoms with E-state index >= 15 is 0 Å². The third kappa shape index (κ3) is 5.29. The summed E-state index contributed by atoms with van der Waals surface area (Å²) in [4.78, 5) is 4.69. The van der Waals surface area contributed by atoms with Gasteiger partial charge in [0.2, 0.25) is 0 Å². The molecule has 0 radical (unpaired) electrons. The molecular weight excluding hydrogens is 362 g/mol. The van der Waals surface area contributed by atoms with Crippen LogP contribution in [0.15, 0.2) is 59.6 Å². The molecule has 2 N–H and O–H groups in total. The van der Waals surface area contributed by atoms with Gasteiger partial charge in [0.1, 0.15) is 5.84 Å². The third-order valence-corrected chi connectivity index (χ3v) is 5.10. The highest BCUT2D eigenvalue weighted by atomic mass is 35.5. The van der Waals surface area contributed by atoms with E-state index < -0.39 is 0 Å². The number of amidine groups is 1. The predicted octanol–water partition coefficient (Wildman–Crippen LogP) is 5.49. The van der Waals surface area contributed by atoms with E-state index in [0.717, 1.165) is 22.6 Å². The normalized spacial score (nSPS) is 15.5. The topological polar surface area (TPSA) is 36.4 Å². The standard InChI is InChI=1S/C21H24ClN3S/c22-15-17-11-7-8-14-19(17)24-20(16-9-3-1-4-10-16)25-21(26)23-18-12-5-2-6-13-18/h1,3-4,7-11,14,18H,2,5-6,12-13,15H2,(H2,23,24,25,26). The summed E-state index contributed by atoms with van der Waals surface area (Å²) in [5.74, 6) is 1.17. The van der Waals surface area contributed by atoms with Crippen LogP contribution in [0.5, 0.6) is 0 Å². The SMILES string of the molecule is S=C(/N=C(/Nc1ccccc1CCl)c1ccccc1)NC1CCCCC1. The van der Waals surface area contributed by atoms with Crippen molar-refractivity contribution in [1.82, 2.24) is 5.32 Å². The van der Waals surface area contributed by atoms with Gasteiger partial charge in [0.15, 0.2) is 5.11 Å². The highest BCUT2D eigenvalue weighted by Gasteiger charge is 2.15. The fourth-order valence-corrected chi connectivity index (χ4v) is 3.69. The monoisotopic (exact) mass is 385 g/mol. The number of rotatable bonds is 4. The Morgan fingerprint density at radius 2 is 1.69 bits per heavy atom. The van der Waals surface area contributed by atoms with Crippen LogP contribution in [0.4, 0.5) is 5.69 Å². The minimum atomic E-state index is 0.437. The number of nitrogens with one attached hydrogen (secondary N) is 2. The van der Waals surface area contributed by atoms with E-state index in [9.17, 15) is 0 Å². The molecule has 0 aromatic heterocycles. The molecule has 0 bridgehead atoms. The number of hydrogen-bond donors (Lipinski definition) is 2. The molecule has 3 rings (SSSR count). The molecule has 2 aromatic carbocycles. The highest BCUT2D eigenvalue weighted by Crippen LogP contribution is 2.19. The molecule has 2 aromatic rings. The van der Waals surface area contributed by atoms with Gasteiger partial charge >= 0.3 is 0 Å². The van der Waals surface area contributed by atoms with Crippen LogP contribution in [0.25, 0.3) is 0 Å². The van der Waals surface area contributed by atoms with Crippen LogP contribution in [0.3, 0.4) is 0 Å². The van der Waals surface area contributed by atoms with E-state index in [4.69, 9.17) is 28.8 Å². The summed E-state index contributed by atoms with van der Waals surface area (Å²) in [6, 6.07) is 18.5. The Labute approximate surface area is 165 Å². The van der Waals surface area contributed by atoms with Crippen molar-refractivity contribution in [3.8, 4) is 0 Å². The van der Waals surface area contributed by atoms with Crippen molar-refractivity contribution in [3.05, 3.63) is 65.7 Å². The Morgan fingerprint density at radius 1 is 1.00 bits per heavy atom. The van der Waals surface area contributed by atoms with Gasteiger partial charge < -0.3 is 10.6 Å². The molecule has 3 nitrogen and oxygen atoms in total. The van der Waals surface area contributed by atoms with E-state index in [-0.39, 0.29) is 0 Å². The van der Waals surface area contributed by atoms with Gasteiger partial charge in [0.05, 0.1) is 0 Å². The Balaban J connectivity index is 1.82. The molecule has 26 heavy (non-hydrogen) atoms. The number of anilines is 1. The number of thiocarbonyl (C=S) groups is 1. The summed E-state index contributed by atoms with van der Waals surface area (Å²) in [7, 11) is 0. The molecule has 0 atom stereocenters. The number of alkyl halides is 1. The summed E-state index contributed by atoms with van der Waals surface area (Å²) in [6.07, 6.45) is 6.17. The van der Waals surface area contributed by atoms with Gasteiger partial charge in [-0.15, -0.1) is 11.6 Å². The maximum absolute atomic E-state index is 6.08. The molecule has 1 aliphatic rings. The lowest BCUT2D eigenvalue weighted by Gasteiger charge is -2.23. The van der Waals surface area contributed by atoms with Gasteiger partial charge in [-0.3, -0.25) is 0 Å². The fraction of sp³-hybridized carbons (Fsp3) is 0.333. The second kappa shape index (κ2) is 9.70. The van der Waals surface area contributed by atoms with Gasteiger partial charge in [0, 0.05) is 23.2 Å². The van der Waals surface area contributed by atoms with Crippen LogP contribution in [0.1, 0.15) is 43.2 Å². The zero-order valence-corrected chi connectivity index (χ0v) is 16.3. The van der Waals surface area contributed by atoms with Crippen LogP contribution >= 0.6 is 23.8 Å². The van der Waals surface area contributed by atoms with Crippen molar-refractivity contribution in [2.24, 2.45) is 4.99 Å². The smallest absolute Gasteiger partial charge is 0.194 e. The van der Waals surface area contributed by atoms with Crippen molar-refractivity contribution in [2.45, 2.75) is 44.0 Å². The predicted molar refractivity (Wildman–Crippen MR) is 115 cm³/mol. The van der Waals surface area contributed by atoms with Crippen LogP contribution in [0, 0.1) is 0 Å². The van der Waals surface area contributed by atoms with E-state index in [2.05, 4.69) is 10.6 Å². The average Bonchev–Trinajstić information content (AvgIpc) is 2.69. The molecule has 1 saturated carbocycles. The lowest BCUT2D eigenvalue weighted by molar-refractivity contribution is 0.414. The number of nitrogens with zero attached hydrogens (tertiary/aromatic N) is 1. The molecule has 0 amide bonds. The molecule has 0 spiro atoms. The molecule has 136 valence electrons. The maximum Gasteiger partial charge on any atom is 0.194 e. The summed E-state index contributed by atoms with van der Waals surface area (Å²) >= 11 is 11.6. The molecule has 1 aliphatic carbocycles. The Kier molecular flexibility index (Phi) is 7.04. The number of para-hydroxylation sites is 1. The number of aliphatic imine (C=N–C) groups is 1. The van der Waals surface area contributed by atoms with Crippen LogP contribution in [-0.2, 0) is 5.88 Å². The minimum absolute atomic E-state index is 0.437. The molecule has 0 saturated heterocycles. The zero-order valence-electron chi connectivity index (χ0n) is 14.7. The summed E-state index contributed by atoms with van der Waals surface area (Å²) in [5, 5.41) is 7.37. The van der Waals surface area contributed by atoms with Gasteiger partial charge in [-0.1, -0.05) is 67.8 Å². The first kappa shape index (κ1) is 18.9. The molecule has 0 heterocycles. The van der Waals surface area contributed by atoms with E-state index in [1.54, 1.807) is 0 Å². The number of benzene rings is 2. The Morgan fingerprint density at radius 3 is 2.42 bits per heavy atom. The molecule has 0 aliphatic heterocycles. The lowest BCUT2D eigenvalue weighted by atomic mass is 9.96. The van der Waals surface area contributed by atoms with Gasteiger partial charge in [-0.25, -0.2) is 4.99 Å². The molecule has 1 fully saturated rings. The van der Waals surface area contributed by atoms with Crippen molar-refractivity contribution >= 4 is 40.5 Å². The largest absolute Gasteiger partial charge is 0.358 e. The number of hydrogen-bond acceptors (Lipinski definition) is 1. The lowest BCUT2D eigenvalue weighted by Crippen LogP contribution is -2.35. The van der Waals surface area contributed by atoms with Crippen LogP contribution in [-0.4, -0.2) is 17.0 Å². The highest BCUT2D eigenvalue weighted by molar-refractivity contribution is 7.80. The zero-order chi connectivity index (χ0) is 18.2. The van der Waals surface area contributed by atoms with Gasteiger partial charge in [-0.05, 0) is 36.7 Å². The van der Waals surface area contributed by atoms with E-state index in [1.165, 1.54) is 32.1 Å². The van der Waals surface area contributed by atoms with Gasteiger partial charge in [0.25, 0.3) is 0 Å². The summed E-state index contributed by atoms with van der Waals surface area (Å²) in [6.45, 7) is 0. The third-order valence-electron chi connectivity index (χ3n) is 4.61. The van der Waals surface area contributed by atoms with Crippen LogP contribution < -0.4 is 10.6 Å². The quantitative estimate of drug-likeness (QED) is 0.316. The summed E-state index contributed by atoms with van der Waals surface area (Å²) < 4.78 is 0. The first-order valence-electron chi connectivity index (χ1n) is 9.12. The first-order chi connectivity index (χ1) is 12.8. The average molecular weight is 386 g/mol. The molecule has 0 unspecified atom stereocenters. The first-order valence-corrected chi connectivity index (χ1v) is 10.1. The summed E-state index contributed by atoms with van der Waals surface area (Å²) in [5.41, 5.74) is 2.97. The Bertz CT molecular complexity index is 755. The van der Waals surface area contributed by atoms with Crippen molar-refractivity contribution < 1.29 is 0 Å². The minimum Gasteiger partial charge on any atom is -0.358 e. The fourth-order valence-electron chi connectivity index (χ4n) is 3.20. The second-order valence-electron chi connectivity index (χ2n) is 6.53. The Hall–Kier alpha value is -1.91. The maximum atomic E-state index is 6.08. The van der Waals surface area contributed by atoms with Crippen molar-refractivity contribution in [3.63, 3.8) is 0 Å². The van der Waals surface area contributed by atoms with E-state index in [1.807, 2.05) is 54.6 Å². The van der Waals surface area contributed by atoms with E-state index in [0.29, 0.717) is 17.0 Å². The second-order valence-corrected chi connectivity index (χ2v) is 7.18. The van der Waals surface area contributed by atoms with Gasteiger partial charge in [-0.2, -0.15) is 0 Å².